The molecule has 1 amide bonds. The minimum atomic E-state index is -0.111. The summed E-state index contributed by atoms with van der Waals surface area (Å²) in [7, 11) is 0. The van der Waals surface area contributed by atoms with Gasteiger partial charge in [-0.2, -0.15) is 5.10 Å². The molecule has 0 saturated carbocycles. The number of carbonyl (C=O) groups is 1. The second kappa shape index (κ2) is 9.35. The van der Waals surface area contributed by atoms with Gasteiger partial charge < -0.3 is 4.90 Å². The molecule has 0 aliphatic carbocycles. The molecule has 0 bridgehead atoms. The van der Waals surface area contributed by atoms with E-state index in [-0.39, 0.29) is 11.5 Å². The van der Waals surface area contributed by atoms with Gasteiger partial charge in [-0.3, -0.25) is 9.59 Å². The van der Waals surface area contributed by atoms with Crippen LogP contribution >= 0.6 is 0 Å². The van der Waals surface area contributed by atoms with Crippen molar-refractivity contribution in [1.82, 2.24) is 14.7 Å². The van der Waals surface area contributed by atoms with E-state index in [1.165, 1.54) is 4.68 Å². The van der Waals surface area contributed by atoms with E-state index in [0.717, 1.165) is 38.6 Å². The lowest BCUT2D eigenvalue weighted by molar-refractivity contribution is 0.0756. The molecular weight excluding hydrogens is 314 g/mol. The molecule has 2 aromatic rings. The van der Waals surface area contributed by atoms with Crippen LogP contribution in [0.1, 0.15) is 63.4 Å². The van der Waals surface area contributed by atoms with Gasteiger partial charge in [0.25, 0.3) is 11.5 Å². The highest BCUT2D eigenvalue weighted by molar-refractivity contribution is 6.04. The summed E-state index contributed by atoms with van der Waals surface area (Å²) in [6.07, 6.45) is 5.02. The summed E-state index contributed by atoms with van der Waals surface area (Å²) in [5.41, 5.74) is 0.282. The van der Waals surface area contributed by atoms with E-state index in [2.05, 4.69) is 18.9 Å². The minimum absolute atomic E-state index is 0.0867. The third-order valence-electron chi connectivity index (χ3n) is 4.49. The SMILES string of the molecule is CCCCCn1nc(C(=O)N(CC)CCCC)c2ccccc2c1=O. The van der Waals surface area contributed by atoms with Crippen LogP contribution in [0, 0.1) is 0 Å². The fraction of sp³-hybridized carbons (Fsp3) is 0.550. The zero-order chi connectivity index (χ0) is 18.2. The number of rotatable bonds is 9. The van der Waals surface area contributed by atoms with E-state index in [4.69, 9.17) is 0 Å². The average Bonchev–Trinajstić information content (AvgIpc) is 2.64. The number of amides is 1. The topological polar surface area (TPSA) is 55.2 Å². The van der Waals surface area contributed by atoms with Gasteiger partial charge in [-0.25, -0.2) is 4.68 Å². The summed E-state index contributed by atoms with van der Waals surface area (Å²) in [5.74, 6) is -0.0867. The van der Waals surface area contributed by atoms with Gasteiger partial charge in [0.15, 0.2) is 5.69 Å². The predicted molar refractivity (Wildman–Crippen MR) is 102 cm³/mol. The van der Waals surface area contributed by atoms with E-state index >= 15 is 0 Å². The number of benzene rings is 1. The third-order valence-corrected chi connectivity index (χ3v) is 4.49. The van der Waals surface area contributed by atoms with Crippen molar-refractivity contribution in [2.24, 2.45) is 0 Å². The molecule has 0 saturated heterocycles. The number of fused-ring (bicyclic) bond motifs is 1. The molecule has 0 aliphatic rings. The van der Waals surface area contributed by atoms with Crippen molar-refractivity contribution in [3.63, 3.8) is 0 Å². The molecule has 25 heavy (non-hydrogen) atoms. The number of aromatic nitrogens is 2. The molecule has 0 aliphatic heterocycles. The molecule has 1 aromatic heterocycles. The summed E-state index contributed by atoms with van der Waals surface area (Å²) >= 11 is 0. The molecule has 5 heteroatoms. The fourth-order valence-corrected chi connectivity index (χ4v) is 2.96. The van der Waals surface area contributed by atoms with Crippen LogP contribution in [0.4, 0.5) is 0 Å². The number of hydrogen-bond donors (Lipinski definition) is 0. The first-order chi connectivity index (χ1) is 12.1. The van der Waals surface area contributed by atoms with Gasteiger partial charge in [-0.15, -0.1) is 0 Å². The van der Waals surface area contributed by atoms with Crippen LogP contribution in [-0.2, 0) is 6.54 Å². The monoisotopic (exact) mass is 343 g/mol. The maximum absolute atomic E-state index is 13.0. The Bertz CT molecular complexity index is 767. The summed E-state index contributed by atoms with van der Waals surface area (Å²) < 4.78 is 1.47. The van der Waals surface area contributed by atoms with Crippen LogP contribution < -0.4 is 5.56 Å². The average molecular weight is 343 g/mol. The van der Waals surface area contributed by atoms with Crippen molar-refractivity contribution in [2.45, 2.75) is 59.4 Å². The Labute approximate surface area is 149 Å². The number of nitrogens with zero attached hydrogens (tertiary/aromatic N) is 3. The van der Waals surface area contributed by atoms with Crippen LogP contribution in [0.25, 0.3) is 10.8 Å². The van der Waals surface area contributed by atoms with Gasteiger partial charge in [0, 0.05) is 25.0 Å². The Morgan fingerprint density at radius 2 is 1.72 bits per heavy atom. The fourth-order valence-electron chi connectivity index (χ4n) is 2.96. The van der Waals surface area contributed by atoms with Crippen molar-refractivity contribution in [3.8, 4) is 0 Å². The molecule has 0 N–H and O–H groups in total. The van der Waals surface area contributed by atoms with Crippen LogP contribution in [0.3, 0.4) is 0 Å². The molecule has 0 spiro atoms. The van der Waals surface area contributed by atoms with Crippen molar-refractivity contribution in [3.05, 3.63) is 40.3 Å². The van der Waals surface area contributed by atoms with Gasteiger partial charge >= 0.3 is 0 Å². The van der Waals surface area contributed by atoms with Crippen molar-refractivity contribution < 1.29 is 4.79 Å². The molecule has 5 nitrogen and oxygen atoms in total. The molecule has 0 fully saturated rings. The van der Waals surface area contributed by atoms with Crippen molar-refractivity contribution in [2.75, 3.05) is 13.1 Å². The second-order valence-corrected chi connectivity index (χ2v) is 6.37. The van der Waals surface area contributed by atoms with E-state index in [1.807, 2.05) is 30.0 Å². The smallest absolute Gasteiger partial charge is 0.274 e. The van der Waals surface area contributed by atoms with Gasteiger partial charge in [-0.05, 0) is 25.8 Å². The third kappa shape index (κ3) is 4.47. The van der Waals surface area contributed by atoms with Crippen LogP contribution in [0.5, 0.6) is 0 Å². The van der Waals surface area contributed by atoms with E-state index in [0.29, 0.717) is 29.6 Å². The summed E-state index contributed by atoms with van der Waals surface area (Å²) in [5, 5.41) is 5.69. The zero-order valence-corrected chi connectivity index (χ0v) is 15.6. The quantitative estimate of drug-likeness (QED) is 0.650. The van der Waals surface area contributed by atoms with Crippen molar-refractivity contribution >= 4 is 16.7 Å². The highest BCUT2D eigenvalue weighted by Gasteiger charge is 2.20. The largest absolute Gasteiger partial charge is 0.338 e. The normalized spacial score (nSPS) is 11.0. The Hall–Kier alpha value is -2.17. The maximum atomic E-state index is 13.0. The number of aryl methyl sites for hydroxylation is 1. The predicted octanol–water partition coefficient (Wildman–Crippen LogP) is 3.85. The molecule has 1 heterocycles. The highest BCUT2D eigenvalue weighted by atomic mass is 16.2. The number of unbranched alkanes of at least 4 members (excludes halogenated alkanes) is 3. The first-order valence-corrected chi connectivity index (χ1v) is 9.43. The summed E-state index contributed by atoms with van der Waals surface area (Å²) in [6, 6.07) is 7.29. The molecule has 0 unspecified atom stereocenters. The minimum Gasteiger partial charge on any atom is -0.338 e. The molecule has 0 radical (unpaired) electrons. The first kappa shape index (κ1) is 19.2. The van der Waals surface area contributed by atoms with Gasteiger partial charge in [0.2, 0.25) is 0 Å². The standard InChI is InChI=1S/C20H29N3O2/c1-4-7-11-15-23-19(24)17-13-10-9-12-16(17)18(21-23)20(25)22(6-3)14-8-5-2/h9-10,12-13H,4-8,11,14-15H2,1-3H3. The molecular formula is C20H29N3O2. The lowest BCUT2D eigenvalue weighted by Crippen LogP contribution is -2.35. The summed E-state index contributed by atoms with van der Waals surface area (Å²) in [4.78, 5) is 27.5. The highest BCUT2D eigenvalue weighted by Crippen LogP contribution is 2.16. The van der Waals surface area contributed by atoms with Gasteiger partial charge in [-0.1, -0.05) is 51.3 Å². The van der Waals surface area contributed by atoms with E-state index < -0.39 is 0 Å². The van der Waals surface area contributed by atoms with Crippen molar-refractivity contribution in [1.29, 1.82) is 0 Å². The number of carbonyl (C=O) groups excluding carboxylic acids is 1. The van der Waals surface area contributed by atoms with E-state index in [9.17, 15) is 9.59 Å². The lowest BCUT2D eigenvalue weighted by Gasteiger charge is -2.21. The first-order valence-electron chi connectivity index (χ1n) is 9.43. The Kier molecular flexibility index (Phi) is 7.16. The van der Waals surface area contributed by atoms with Crippen LogP contribution in [0.15, 0.2) is 29.1 Å². The molecule has 2 rings (SSSR count). The van der Waals surface area contributed by atoms with Crippen LogP contribution in [0.2, 0.25) is 0 Å². The molecule has 0 atom stereocenters. The lowest BCUT2D eigenvalue weighted by atomic mass is 10.1. The Balaban J connectivity index is 2.48. The van der Waals surface area contributed by atoms with Gasteiger partial charge in [0.05, 0.1) is 5.39 Å². The Morgan fingerprint density at radius 1 is 1.04 bits per heavy atom. The zero-order valence-electron chi connectivity index (χ0n) is 15.6. The van der Waals surface area contributed by atoms with E-state index in [1.54, 1.807) is 6.07 Å². The summed E-state index contributed by atoms with van der Waals surface area (Å²) in [6.45, 7) is 8.13. The molecule has 1 aromatic carbocycles. The second-order valence-electron chi connectivity index (χ2n) is 6.37. The molecule has 136 valence electrons. The Morgan fingerprint density at radius 3 is 2.36 bits per heavy atom. The van der Waals surface area contributed by atoms with Gasteiger partial charge in [0.1, 0.15) is 0 Å². The van der Waals surface area contributed by atoms with Crippen LogP contribution in [-0.4, -0.2) is 33.7 Å². The maximum Gasteiger partial charge on any atom is 0.274 e. The number of hydrogen-bond acceptors (Lipinski definition) is 3.